The standard InChI is InChI=1S/C46H50ClN3O4/c1-33(2)40-15-17-41(18-16-40)52-27-22-36-10-12-37(13-11-36)31-49-23-5-24-50(26-25-49)45(51)21-14-39-28-35(4)46(43(47)29-39)54-44-20-19-42(30-48-44)53-32-38-8-6-34(3)7-9-38/h6-21,28-30,33H,5,22-27,31-32H2,1-4H3/b21-14+. The topological polar surface area (TPSA) is 64.1 Å². The molecule has 7 nitrogen and oxygen atoms in total. The molecule has 0 N–H and O–H groups in total. The van der Waals surface area contributed by atoms with Gasteiger partial charge in [0.1, 0.15) is 18.1 Å². The van der Waals surface area contributed by atoms with Gasteiger partial charge < -0.3 is 19.1 Å². The highest BCUT2D eigenvalue weighted by Gasteiger charge is 2.18. The lowest BCUT2D eigenvalue weighted by atomic mass is 10.0. The molecule has 280 valence electrons. The van der Waals surface area contributed by atoms with Crippen LogP contribution < -0.4 is 14.2 Å². The van der Waals surface area contributed by atoms with Gasteiger partial charge >= 0.3 is 0 Å². The van der Waals surface area contributed by atoms with Gasteiger partial charge in [0.05, 0.1) is 17.8 Å². The van der Waals surface area contributed by atoms with Crippen LogP contribution in [0.15, 0.2) is 109 Å². The molecule has 1 aromatic heterocycles. The molecule has 2 heterocycles. The van der Waals surface area contributed by atoms with Crippen molar-refractivity contribution in [3.8, 4) is 23.1 Å². The van der Waals surface area contributed by atoms with Gasteiger partial charge in [0.15, 0.2) is 5.75 Å². The SMILES string of the molecule is Cc1ccc(COc2ccc(Oc3c(C)cc(/C=C/C(=O)N4CCCN(Cc5ccc(CCOc6ccc(C(C)C)cc6)cc5)CC4)cc3Cl)nc2)cc1. The number of aryl methyl sites for hydroxylation is 2. The zero-order valence-corrected chi connectivity index (χ0v) is 32.5. The quantitative estimate of drug-likeness (QED) is 0.106. The first-order valence-corrected chi connectivity index (χ1v) is 19.2. The van der Waals surface area contributed by atoms with E-state index in [1.807, 2.05) is 30.0 Å². The summed E-state index contributed by atoms with van der Waals surface area (Å²) in [6, 6.07) is 32.8. The van der Waals surface area contributed by atoms with Gasteiger partial charge in [0, 0.05) is 51.3 Å². The molecule has 1 fully saturated rings. The zero-order valence-electron chi connectivity index (χ0n) is 31.8. The number of nitrogens with zero attached hydrogens (tertiary/aromatic N) is 3. The number of ether oxygens (including phenoxy) is 3. The van der Waals surface area contributed by atoms with E-state index in [0.717, 1.165) is 61.5 Å². The normalized spacial score (nSPS) is 13.6. The lowest BCUT2D eigenvalue weighted by molar-refractivity contribution is -0.125. The molecule has 8 heteroatoms. The zero-order chi connectivity index (χ0) is 37.9. The molecule has 0 radical (unpaired) electrons. The maximum atomic E-state index is 13.2. The monoisotopic (exact) mass is 743 g/mol. The van der Waals surface area contributed by atoms with Crippen LogP contribution in [-0.2, 0) is 24.4 Å². The lowest BCUT2D eigenvalue weighted by Crippen LogP contribution is -2.34. The number of pyridine rings is 1. The van der Waals surface area contributed by atoms with Gasteiger partial charge in [0.2, 0.25) is 11.8 Å². The fourth-order valence-electron chi connectivity index (χ4n) is 6.38. The van der Waals surface area contributed by atoms with Crippen molar-refractivity contribution in [3.05, 3.63) is 153 Å². The van der Waals surface area contributed by atoms with Crippen molar-refractivity contribution in [1.82, 2.24) is 14.8 Å². The minimum Gasteiger partial charge on any atom is -0.493 e. The first-order valence-electron chi connectivity index (χ1n) is 18.8. The highest BCUT2D eigenvalue weighted by atomic mass is 35.5. The summed E-state index contributed by atoms with van der Waals surface area (Å²) in [5, 5.41) is 0.447. The van der Waals surface area contributed by atoms with Gasteiger partial charge in [-0.05, 0) is 96.0 Å². The van der Waals surface area contributed by atoms with Crippen molar-refractivity contribution < 1.29 is 19.0 Å². The molecule has 1 amide bonds. The van der Waals surface area contributed by atoms with E-state index in [2.05, 4.69) is 103 Å². The third-order valence-electron chi connectivity index (χ3n) is 9.65. The van der Waals surface area contributed by atoms with Gasteiger partial charge in [-0.1, -0.05) is 91.7 Å². The summed E-state index contributed by atoms with van der Waals surface area (Å²) in [7, 11) is 0. The van der Waals surface area contributed by atoms with E-state index in [0.29, 0.717) is 48.1 Å². The summed E-state index contributed by atoms with van der Waals surface area (Å²) in [5.41, 5.74) is 7.84. The Morgan fingerprint density at radius 2 is 1.54 bits per heavy atom. The van der Waals surface area contributed by atoms with Crippen molar-refractivity contribution in [2.75, 3.05) is 32.8 Å². The first-order chi connectivity index (χ1) is 26.2. The maximum absolute atomic E-state index is 13.2. The van der Waals surface area contributed by atoms with Crippen molar-refractivity contribution in [1.29, 1.82) is 0 Å². The number of carbonyl (C=O) groups excluding carboxylic acids is 1. The molecule has 4 aromatic carbocycles. The Kier molecular flexibility index (Phi) is 13.4. The second-order valence-electron chi connectivity index (χ2n) is 14.3. The van der Waals surface area contributed by atoms with Crippen LogP contribution in [0.4, 0.5) is 0 Å². The van der Waals surface area contributed by atoms with Crippen LogP contribution in [0, 0.1) is 13.8 Å². The highest BCUT2D eigenvalue weighted by Crippen LogP contribution is 2.34. The molecule has 0 saturated carbocycles. The van der Waals surface area contributed by atoms with Gasteiger partial charge in [-0.3, -0.25) is 9.69 Å². The van der Waals surface area contributed by atoms with E-state index in [9.17, 15) is 4.79 Å². The predicted octanol–water partition coefficient (Wildman–Crippen LogP) is 10.2. The Morgan fingerprint density at radius 1 is 0.815 bits per heavy atom. The molecule has 5 aromatic rings. The molecule has 1 aliphatic rings. The van der Waals surface area contributed by atoms with E-state index >= 15 is 0 Å². The Balaban J connectivity index is 0.940. The molecule has 0 bridgehead atoms. The Bertz CT molecular complexity index is 1970. The summed E-state index contributed by atoms with van der Waals surface area (Å²) < 4.78 is 17.9. The van der Waals surface area contributed by atoms with Gasteiger partial charge in [-0.15, -0.1) is 0 Å². The number of benzene rings is 4. The Hall–Kier alpha value is -5.11. The molecule has 0 unspecified atom stereocenters. The molecule has 0 atom stereocenters. The van der Waals surface area contributed by atoms with Crippen molar-refractivity contribution in [2.24, 2.45) is 0 Å². The second kappa shape index (κ2) is 18.8. The first kappa shape index (κ1) is 38.6. The number of carbonyl (C=O) groups is 1. The molecule has 0 spiro atoms. The number of hydrogen-bond acceptors (Lipinski definition) is 6. The van der Waals surface area contributed by atoms with Gasteiger partial charge in [-0.2, -0.15) is 0 Å². The number of amides is 1. The maximum Gasteiger partial charge on any atom is 0.246 e. The van der Waals surface area contributed by atoms with Crippen LogP contribution in [0.25, 0.3) is 6.08 Å². The van der Waals surface area contributed by atoms with E-state index in [1.165, 1.54) is 22.3 Å². The third kappa shape index (κ3) is 11.2. The van der Waals surface area contributed by atoms with Crippen LogP contribution >= 0.6 is 11.6 Å². The van der Waals surface area contributed by atoms with Crippen LogP contribution in [0.1, 0.15) is 65.1 Å². The molecule has 6 rings (SSSR count). The van der Waals surface area contributed by atoms with Gasteiger partial charge in [0.25, 0.3) is 0 Å². The Morgan fingerprint density at radius 3 is 2.24 bits per heavy atom. The molecule has 1 aliphatic heterocycles. The summed E-state index contributed by atoms with van der Waals surface area (Å²) in [6.45, 7) is 13.6. The summed E-state index contributed by atoms with van der Waals surface area (Å²) in [4.78, 5) is 22.0. The van der Waals surface area contributed by atoms with Gasteiger partial charge in [-0.25, -0.2) is 4.98 Å². The average Bonchev–Trinajstić information content (AvgIpc) is 3.42. The van der Waals surface area contributed by atoms with Crippen LogP contribution in [0.5, 0.6) is 23.1 Å². The van der Waals surface area contributed by atoms with Crippen LogP contribution in [0.3, 0.4) is 0 Å². The molecular weight excluding hydrogens is 694 g/mol. The fraction of sp³-hybridized carbons (Fsp3) is 0.304. The minimum atomic E-state index is 0.00211. The smallest absolute Gasteiger partial charge is 0.246 e. The van der Waals surface area contributed by atoms with E-state index in [-0.39, 0.29) is 5.91 Å². The van der Waals surface area contributed by atoms with Crippen molar-refractivity contribution >= 4 is 23.6 Å². The van der Waals surface area contributed by atoms with E-state index in [4.69, 9.17) is 25.8 Å². The predicted molar refractivity (Wildman–Crippen MR) is 218 cm³/mol. The van der Waals surface area contributed by atoms with Crippen molar-refractivity contribution in [2.45, 2.75) is 59.6 Å². The summed E-state index contributed by atoms with van der Waals surface area (Å²) in [6.07, 6.45) is 6.89. The fourth-order valence-corrected chi connectivity index (χ4v) is 6.69. The van der Waals surface area contributed by atoms with Crippen LogP contribution in [0.2, 0.25) is 5.02 Å². The van der Waals surface area contributed by atoms with E-state index < -0.39 is 0 Å². The summed E-state index contributed by atoms with van der Waals surface area (Å²) in [5.74, 6) is 3.03. The Labute approximate surface area is 325 Å². The highest BCUT2D eigenvalue weighted by molar-refractivity contribution is 6.32. The lowest BCUT2D eigenvalue weighted by Gasteiger charge is -2.21. The van der Waals surface area contributed by atoms with E-state index in [1.54, 1.807) is 24.4 Å². The van der Waals surface area contributed by atoms with Crippen molar-refractivity contribution in [3.63, 3.8) is 0 Å². The number of aromatic nitrogens is 1. The molecule has 1 saturated heterocycles. The molecule has 54 heavy (non-hydrogen) atoms. The number of rotatable bonds is 14. The average molecular weight is 744 g/mol. The molecular formula is C46H50ClN3O4. The van der Waals surface area contributed by atoms with Crippen LogP contribution in [-0.4, -0.2) is 53.5 Å². The molecule has 0 aliphatic carbocycles. The number of halogens is 1. The largest absolute Gasteiger partial charge is 0.493 e. The summed E-state index contributed by atoms with van der Waals surface area (Å²) >= 11 is 6.66. The number of hydrogen-bond donors (Lipinski definition) is 0. The third-order valence-corrected chi connectivity index (χ3v) is 9.93. The minimum absolute atomic E-state index is 0.00211. The second-order valence-corrected chi connectivity index (χ2v) is 14.7.